The molecule has 36 heavy (non-hydrogen) atoms. The minimum Gasteiger partial charge on any atom is -0.481 e. The fourth-order valence-corrected chi connectivity index (χ4v) is 5.49. The van der Waals surface area contributed by atoms with E-state index in [0.717, 1.165) is 31.4 Å². The summed E-state index contributed by atoms with van der Waals surface area (Å²) in [7, 11) is 0. The highest BCUT2D eigenvalue weighted by atomic mass is 19.1. The zero-order valence-corrected chi connectivity index (χ0v) is 19.4. The molecule has 2 bridgehead atoms. The highest BCUT2D eigenvalue weighted by Gasteiger charge is 2.43. The largest absolute Gasteiger partial charge is 0.481 e. The SMILES string of the molecule is Nc1nc(-c2c[nH]c3ncc(F)cc23)nc(-c2cnn(C3CC3)c2)c1F.O=C(O)C1CC2CCC1C2. The summed E-state index contributed by atoms with van der Waals surface area (Å²) < 4.78 is 29.9. The first-order chi connectivity index (χ1) is 17.4. The van der Waals surface area contributed by atoms with Crippen LogP contribution in [0.1, 0.15) is 44.6 Å². The maximum absolute atomic E-state index is 14.5. The third-order valence-electron chi connectivity index (χ3n) is 7.47. The number of hydrogen-bond acceptors (Lipinski definition) is 6. The molecule has 186 valence electrons. The number of aromatic amines is 1. The van der Waals surface area contributed by atoms with Crippen LogP contribution in [0.4, 0.5) is 14.6 Å². The summed E-state index contributed by atoms with van der Waals surface area (Å²) in [6, 6.07) is 1.69. The Hall–Kier alpha value is -3.89. The van der Waals surface area contributed by atoms with Crippen molar-refractivity contribution in [2.75, 3.05) is 5.73 Å². The van der Waals surface area contributed by atoms with E-state index < -0.39 is 17.6 Å². The van der Waals surface area contributed by atoms with Crippen molar-refractivity contribution in [2.24, 2.45) is 17.8 Å². The normalized spacial score (nSPS) is 22.6. The van der Waals surface area contributed by atoms with Crippen LogP contribution in [-0.4, -0.2) is 40.8 Å². The molecule has 3 aliphatic carbocycles. The lowest BCUT2D eigenvalue weighted by molar-refractivity contribution is -0.143. The Morgan fingerprint density at radius 2 is 1.97 bits per heavy atom. The lowest BCUT2D eigenvalue weighted by Gasteiger charge is -2.16. The van der Waals surface area contributed by atoms with Gasteiger partial charge in [0.25, 0.3) is 0 Å². The summed E-state index contributed by atoms with van der Waals surface area (Å²) in [6.45, 7) is 0. The molecular formula is C25H25F2N7O2. The average Bonchev–Trinajstić information content (AvgIpc) is 3.26. The van der Waals surface area contributed by atoms with Gasteiger partial charge in [-0.2, -0.15) is 5.10 Å². The van der Waals surface area contributed by atoms with E-state index in [1.165, 1.54) is 25.3 Å². The molecule has 0 aliphatic heterocycles. The molecule has 0 amide bonds. The Morgan fingerprint density at radius 1 is 1.14 bits per heavy atom. The van der Waals surface area contributed by atoms with Crippen molar-refractivity contribution in [1.29, 1.82) is 0 Å². The van der Waals surface area contributed by atoms with Crippen LogP contribution in [0.5, 0.6) is 0 Å². The zero-order valence-electron chi connectivity index (χ0n) is 19.4. The second-order valence-corrected chi connectivity index (χ2v) is 9.91. The van der Waals surface area contributed by atoms with E-state index in [-0.39, 0.29) is 23.3 Å². The Balaban J connectivity index is 0.000000200. The summed E-state index contributed by atoms with van der Waals surface area (Å²) in [5, 5.41) is 13.5. The third kappa shape index (κ3) is 4.08. The number of nitrogen functional groups attached to an aromatic ring is 1. The van der Waals surface area contributed by atoms with E-state index in [1.54, 1.807) is 23.3 Å². The van der Waals surface area contributed by atoms with Gasteiger partial charge in [-0.1, -0.05) is 6.42 Å². The highest BCUT2D eigenvalue weighted by Crippen LogP contribution is 2.48. The topological polar surface area (TPSA) is 136 Å². The van der Waals surface area contributed by atoms with Crippen LogP contribution in [0, 0.1) is 29.4 Å². The predicted octanol–water partition coefficient (Wildman–Crippen LogP) is 4.59. The maximum atomic E-state index is 14.5. The van der Waals surface area contributed by atoms with Crippen molar-refractivity contribution in [3.05, 3.63) is 42.5 Å². The Bertz CT molecular complexity index is 1460. The van der Waals surface area contributed by atoms with Gasteiger partial charge in [0.1, 0.15) is 17.2 Å². The maximum Gasteiger partial charge on any atom is 0.306 e. The number of aromatic nitrogens is 6. The van der Waals surface area contributed by atoms with E-state index in [9.17, 15) is 13.6 Å². The van der Waals surface area contributed by atoms with Crippen LogP contribution in [0.15, 0.2) is 30.9 Å². The lowest BCUT2D eigenvalue weighted by atomic mass is 9.89. The molecule has 3 aliphatic rings. The number of halogens is 2. The van der Waals surface area contributed by atoms with Crippen LogP contribution < -0.4 is 5.73 Å². The summed E-state index contributed by atoms with van der Waals surface area (Å²) >= 11 is 0. The van der Waals surface area contributed by atoms with Crippen molar-refractivity contribution >= 4 is 22.8 Å². The molecule has 0 saturated heterocycles. The Morgan fingerprint density at radius 3 is 2.64 bits per heavy atom. The number of nitrogens with zero attached hydrogens (tertiary/aromatic N) is 5. The van der Waals surface area contributed by atoms with Gasteiger partial charge in [-0.05, 0) is 50.0 Å². The Labute approximate surface area is 204 Å². The standard InChI is InChI=1S/C17H13F2N7.C8H12O2/c18-9-3-11-12(6-22-16(11)21-5-9)17-24-14(13(19)15(20)25-17)8-4-23-26(7-8)10-1-2-10;9-8(10)7-4-5-1-2-6(7)3-5/h3-7,10H,1-2H2,(H,21,22)(H2,20,24,25);5-7H,1-4H2,(H,9,10). The van der Waals surface area contributed by atoms with E-state index in [1.807, 2.05) is 0 Å². The van der Waals surface area contributed by atoms with Gasteiger partial charge in [0.15, 0.2) is 17.5 Å². The lowest BCUT2D eigenvalue weighted by Crippen LogP contribution is -2.19. The summed E-state index contributed by atoms with van der Waals surface area (Å²) in [6.07, 6.45) is 12.8. The van der Waals surface area contributed by atoms with Crippen LogP contribution in [-0.2, 0) is 4.79 Å². The number of rotatable bonds is 4. The van der Waals surface area contributed by atoms with Crippen LogP contribution >= 0.6 is 0 Å². The first kappa shape index (κ1) is 22.6. The third-order valence-corrected chi connectivity index (χ3v) is 7.47. The highest BCUT2D eigenvalue weighted by molar-refractivity contribution is 5.92. The van der Waals surface area contributed by atoms with Crippen molar-refractivity contribution in [3.8, 4) is 22.6 Å². The van der Waals surface area contributed by atoms with Gasteiger partial charge in [0.05, 0.1) is 24.4 Å². The molecule has 3 atom stereocenters. The molecular weight excluding hydrogens is 468 g/mol. The molecule has 0 radical (unpaired) electrons. The molecule has 3 fully saturated rings. The molecule has 4 N–H and O–H groups in total. The molecule has 0 spiro atoms. The minimum atomic E-state index is -0.701. The number of aliphatic carboxylic acids is 1. The molecule has 4 heterocycles. The molecule has 3 saturated carbocycles. The number of carboxylic acid groups (broad SMARTS) is 1. The first-order valence-corrected chi connectivity index (χ1v) is 12.1. The summed E-state index contributed by atoms with van der Waals surface area (Å²) in [5.74, 6) is -0.535. The van der Waals surface area contributed by atoms with Crippen LogP contribution in [0.3, 0.4) is 0 Å². The number of carbonyl (C=O) groups is 1. The van der Waals surface area contributed by atoms with E-state index in [4.69, 9.17) is 10.8 Å². The smallest absolute Gasteiger partial charge is 0.306 e. The number of fused-ring (bicyclic) bond motifs is 3. The number of carboxylic acids is 1. The number of nitrogens with two attached hydrogens (primary N) is 1. The second kappa shape index (κ2) is 8.65. The molecule has 4 aromatic heterocycles. The monoisotopic (exact) mass is 493 g/mol. The number of hydrogen-bond donors (Lipinski definition) is 3. The number of nitrogens with one attached hydrogen (secondary N) is 1. The quantitative estimate of drug-likeness (QED) is 0.378. The average molecular weight is 494 g/mol. The first-order valence-electron chi connectivity index (χ1n) is 12.1. The molecule has 7 rings (SSSR count). The van der Waals surface area contributed by atoms with Crippen molar-refractivity contribution in [1.82, 2.24) is 29.7 Å². The molecule has 4 aromatic rings. The minimum absolute atomic E-state index is 0.0127. The number of pyridine rings is 1. The van der Waals surface area contributed by atoms with Gasteiger partial charge >= 0.3 is 5.97 Å². The predicted molar refractivity (Wildman–Crippen MR) is 128 cm³/mol. The van der Waals surface area contributed by atoms with Crippen LogP contribution in [0.25, 0.3) is 33.7 Å². The van der Waals surface area contributed by atoms with Crippen molar-refractivity contribution in [2.45, 2.75) is 44.6 Å². The van der Waals surface area contributed by atoms with E-state index in [2.05, 4.69) is 25.0 Å². The fraction of sp³-hybridized carbons (Fsp3) is 0.400. The van der Waals surface area contributed by atoms with E-state index in [0.29, 0.717) is 34.1 Å². The molecule has 11 heteroatoms. The van der Waals surface area contributed by atoms with Gasteiger partial charge in [0.2, 0.25) is 0 Å². The molecule has 9 nitrogen and oxygen atoms in total. The fourth-order valence-electron chi connectivity index (χ4n) is 5.49. The van der Waals surface area contributed by atoms with Gasteiger partial charge in [0, 0.05) is 28.9 Å². The van der Waals surface area contributed by atoms with Gasteiger partial charge in [-0.15, -0.1) is 0 Å². The Kier molecular flexibility index (Phi) is 5.42. The summed E-state index contributed by atoms with van der Waals surface area (Å²) in [5.41, 5.74) is 7.33. The second-order valence-electron chi connectivity index (χ2n) is 9.91. The van der Waals surface area contributed by atoms with Crippen molar-refractivity contribution in [3.63, 3.8) is 0 Å². The number of H-pyrrole nitrogens is 1. The van der Waals surface area contributed by atoms with Crippen LogP contribution in [0.2, 0.25) is 0 Å². The molecule has 3 unspecified atom stereocenters. The van der Waals surface area contributed by atoms with Crippen molar-refractivity contribution < 1.29 is 18.7 Å². The zero-order chi connectivity index (χ0) is 25.0. The van der Waals surface area contributed by atoms with Gasteiger partial charge < -0.3 is 15.8 Å². The number of anilines is 1. The van der Waals surface area contributed by atoms with Gasteiger partial charge in [-0.25, -0.2) is 23.7 Å². The van der Waals surface area contributed by atoms with Gasteiger partial charge in [-0.3, -0.25) is 9.48 Å². The van der Waals surface area contributed by atoms with E-state index >= 15 is 0 Å². The molecule has 0 aromatic carbocycles. The summed E-state index contributed by atoms with van der Waals surface area (Å²) in [4.78, 5) is 25.8.